The molecule has 0 amide bonds. The number of carboxylic acid groups (broad SMARTS) is 1. The van der Waals surface area contributed by atoms with E-state index in [0.717, 1.165) is 0 Å². The van der Waals surface area contributed by atoms with E-state index in [4.69, 9.17) is 9.47 Å². The molecule has 1 unspecified atom stereocenters. The van der Waals surface area contributed by atoms with Crippen LogP contribution in [0.1, 0.15) is 15.9 Å². The number of rotatable bonds is 8. The van der Waals surface area contributed by atoms with E-state index in [9.17, 15) is 24.6 Å². The summed E-state index contributed by atoms with van der Waals surface area (Å²) in [4.78, 5) is 34.8. The van der Waals surface area contributed by atoms with Crippen LogP contribution in [-0.2, 0) is 24.8 Å². The standard InChI is InChI=1S/C18H16O7/c19-15(13-7-3-1-4-8-13)16(20)24-11-12-25-18(23,17(21)22)14-9-5-2-6-10-14/h1-10,23H,11-12H2,(H,21,22). The van der Waals surface area contributed by atoms with E-state index in [1.807, 2.05) is 0 Å². The average Bonchev–Trinajstić information content (AvgIpc) is 2.65. The maximum Gasteiger partial charge on any atom is 0.379 e. The summed E-state index contributed by atoms with van der Waals surface area (Å²) in [5.41, 5.74) is 0.203. The van der Waals surface area contributed by atoms with Gasteiger partial charge in [0.2, 0.25) is 0 Å². The molecule has 0 bridgehead atoms. The normalized spacial score (nSPS) is 12.8. The zero-order valence-electron chi connectivity index (χ0n) is 13.1. The van der Waals surface area contributed by atoms with Crippen LogP contribution < -0.4 is 0 Å². The lowest BCUT2D eigenvalue weighted by atomic mass is 10.1. The van der Waals surface area contributed by atoms with Gasteiger partial charge in [0.05, 0.1) is 6.61 Å². The van der Waals surface area contributed by atoms with Crippen molar-refractivity contribution >= 4 is 17.7 Å². The van der Waals surface area contributed by atoms with Gasteiger partial charge in [-0.3, -0.25) is 4.79 Å². The molecule has 0 spiro atoms. The Morgan fingerprint density at radius 2 is 1.44 bits per heavy atom. The first-order valence-corrected chi connectivity index (χ1v) is 7.37. The summed E-state index contributed by atoms with van der Waals surface area (Å²) < 4.78 is 9.73. The summed E-state index contributed by atoms with van der Waals surface area (Å²) in [6, 6.07) is 15.4. The van der Waals surface area contributed by atoms with Crippen molar-refractivity contribution in [2.75, 3.05) is 13.2 Å². The third kappa shape index (κ3) is 4.50. The molecular formula is C18H16O7. The van der Waals surface area contributed by atoms with Crippen molar-refractivity contribution in [2.45, 2.75) is 5.79 Å². The number of hydrogen-bond donors (Lipinski definition) is 2. The number of ketones is 1. The van der Waals surface area contributed by atoms with Crippen LogP contribution in [0.5, 0.6) is 0 Å². The number of hydrogen-bond acceptors (Lipinski definition) is 6. The van der Waals surface area contributed by atoms with Crippen LogP contribution in [0.15, 0.2) is 60.7 Å². The molecule has 7 heteroatoms. The Morgan fingerprint density at radius 1 is 0.880 bits per heavy atom. The average molecular weight is 344 g/mol. The van der Waals surface area contributed by atoms with Gasteiger partial charge >= 0.3 is 11.9 Å². The molecule has 2 aromatic rings. The van der Waals surface area contributed by atoms with Gasteiger partial charge in [-0.25, -0.2) is 9.59 Å². The molecule has 2 N–H and O–H groups in total. The van der Waals surface area contributed by atoms with Gasteiger partial charge in [0.1, 0.15) is 6.61 Å². The quantitative estimate of drug-likeness (QED) is 0.245. The van der Waals surface area contributed by atoms with Gasteiger partial charge in [0.15, 0.2) is 0 Å². The molecule has 130 valence electrons. The van der Waals surface area contributed by atoms with Crippen LogP contribution in [0, 0.1) is 0 Å². The number of carbonyl (C=O) groups excluding carboxylic acids is 2. The number of carboxylic acids is 1. The Kier molecular flexibility index (Phi) is 5.99. The highest BCUT2D eigenvalue weighted by atomic mass is 16.7. The molecule has 0 aromatic heterocycles. The molecule has 2 rings (SSSR count). The van der Waals surface area contributed by atoms with Crippen molar-refractivity contribution < 1.29 is 34.1 Å². The Balaban J connectivity index is 1.90. The summed E-state index contributed by atoms with van der Waals surface area (Å²) in [7, 11) is 0. The Bertz CT molecular complexity index is 743. The van der Waals surface area contributed by atoms with Gasteiger partial charge < -0.3 is 19.7 Å². The maximum absolute atomic E-state index is 11.8. The molecule has 2 aromatic carbocycles. The molecule has 1 atom stereocenters. The fourth-order valence-corrected chi connectivity index (χ4v) is 2.03. The first-order chi connectivity index (χ1) is 11.9. The first-order valence-electron chi connectivity index (χ1n) is 7.37. The zero-order chi connectivity index (χ0) is 18.3. The lowest BCUT2D eigenvalue weighted by molar-refractivity contribution is -0.232. The SMILES string of the molecule is O=C(OCCOC(O)(C(=O)O)c1ccccc1)C(=O)c1ccccc1. The van der Waals surface area contributed by atoms with Crippen molar-refractivity contribution in [1.29, 1.82) is 0 Å². The highest BCUT2D eigenvalue weighted by Gasteiger charge is 2.39. The predicted octanol–water partition coefficient (Wildman–Crippen LogP) is 1.36. The molecule has 25 heavy (non-hydrogen) atoms. The minimum Gasteiger partial charge on any atom is -0.477 e. The van der Waals surface area contributed by atoms with Gasteiger partial charge in [0.25, 0.3) is 11.6 Å². The highest BCUT2D eigenvalue weighted by Crippen LogP contribution is 2.22. The van der Waals surface area contributed by atoms with Crippen LogP contribution in [-0.4, -0.2) is 41.1 Å². The van der Waals surface area contributed by atoms with Crippen molar-refractivity contribution in [3.05, 3.63) is 71.8 Å². The molecule has 0 radical (unpaired) electrons. The van der Waals surface area contributed by atoms with Gasteiger partial charge in [0, 0.05) is 11.1 Å². The summed E-state index contributed by atoms with van der Waals surface area (Å²) in [6.45, 7) is -0.800. The monoisotopic (exact) mass is 344 g/mol. The Hall–Kier alpha value is -3.03. The minimum atomic E-state index is -2.57. The van der Waals surface area contributed by atoms with Crippen LogP contribution >= 0.6 is 0 Å². The fraction of sp³-hybridized carbons (Fsp3) is 0.167. The lowest BCUT2D eigenvalue weighted by Gasteiger charge is -2.23. The molecule has 0 heterocycles. The van der Waals surface area contributed by atoms with Gasteiger partial charge in [-0.05, 0) is 0 Å². The van der Waals surface area contributed by atoms with Crippen molar-refractivity contribution in [3.8, 4) is 0 Å². The van der Waals surface area contributed by atoms with E-state index >= 15 is 0 Å². The summed E-state index contributed by atoms with van der Waals surface area (Å²) in [5, 5.41) is 19.4. The van der Waals surface area contributed by atoms with Gasteiger partial charge in [-0.2, -0.15) is 0 Å². The van der Waals surface area contributed by atoms with Crippen molar-refractivity contribution in [3.63, 3.8) is 0 Å². The second kappa shape index (κ2) is 8.18. The summed E-state index contributed by atoms with van der Waals surface area (Å²) >= 11 is 0. The maximum atomic E-state index is 11.8. The topological polar surface area (TPSA) is 110 Å². The predicted molar refractivity (Wildman–Crippen MR) is 85.7 cm³/mol. The van der Waals surface area contributed by atoms with E-state index in [-0.39, 0.29) is 17.7 Å². The lowest BCUT2D eigenvalue weighted by Crippen LogP contribution is -2.39. The smallest absolute Gasteiger partial charge is 0.379 e. The molecule has 0 aliphatic rings. The molecule has 7 nitrogen and oxygen atoms in total. The van der Waals surface area contributed by atoms with Crippen molar-refractivity contribution in [2.24, 2.45) is 0 Å². The molecule has 0 saturated heterocycles. The number of ether oxygens (including phenoxy) is 2. The number of esters is 1. The number of Topliss-reactive ketones (excluding diaryl/α,β-unsaturated/α-hetero) is 1. The van der Waals surface area contributed by atoms with E-state index in [1.165, 1.54) is 24.3 Å². The highest BCUT2D eigenvalue weighted by molar-refractivity contribution is 6.40. The second-order valence-corrected chi connectivity index (χ2v) is 4.99. The second-order valence-electron chi connectivity index (χ2n) is 4.99. The first kappa shape index (κ1) is 18.3. The number of benzene rings is 2. The van der Waals surface area contributed by atoms with Crippen LogP contribution in [0.25, 0.3) is 0 Å². The number of aliphatic hydroxyl groups is 1. The van der Waals surface area contributed by atoms with E-state index in [1.54, 1.807) is 36.4 Å². The number of aliphatic carboxylic acids is 1. The van der Waals surface area contributed by atoms with Crippen LogP contribution in [0.4, 0.5) is 0 Å². The molecule has 0 fully saturated rings. The Morgan fingerprint density at radius 3 is 2.00 bits per heavy atom. The largest absolute Gasteiger partial charge is 0.477 e. The fourth-order valence-electron chi connectivity index (χ4n) is 2.03. The molecular weight excluding hydrogens is 328 g/mol. The van der Waals surface area contributed by atoms with Gasteiger partial charge in [-0.15, -0.1) is 0 Å². The zero-order valence-corrected chi connectivity index (χ0v) is 13.1. The van der Waals surface area contributed by atoms with Crippen LogP contribution in [0.3, 0.4) is 0 Å². The summed E-state index contributed by atoms with van der Waals surface area (Å²) in [6.07, 6.45) is 0. The molecule has 0 aliphatic carbocycles. The third-order valence-electron chi connectivity index (χ3n) is 3.30. The van der Waals surface area contributed by atoms with Gasteiger partial charge in [-0.1, -0.05) is 60.7 Å². The van der Waals surface area contributed by atoms with E-state index in [0.29, 0.717) is 0 Å². The summed E-state index contributed by atoms with van der Waals surface area (Å²) in [5.74, 6) is -6.09. The minimum absolute atomic E-state index is 0.0224. The third-order valence-corrected chi connectivity index (χ3v) is 3.30. The van der Waals surface area contributed by atoms with E-state index < -0.39 is 30.1 Å². The van der Waals surface area contributed by atoms with Crippen LogP contribution in [0.2, 0.25) is 0 Å². The Labute approximate surface area is 143 Å². The molecule has 0 aliphatic heterocycles. The molecule has 0 saturated carbocycles. The number of carbonyl (C=O) groups is 3. The van der Waals surface area contributed by atoms with E-state index in [2.05, 4.69) is 0 Å². The van der Waals surface area contributed by atoms with Crippen molar-refractivity contribution in [1.82, 2.24) is 0 Å².